The highest BCUT2D eigenvalue weighted by Gasteiger charge is 2.27. The monoisotopic (exact) mass is 416 g/mol. The predicted octanol–water partition coefficient (Wildman–Crippen LogP) is 2.49. The summed E-state index contributed by atoms with van der Waals surface area (Å²) in [5, 5.41) is 11.7. The molecule has 0 spiro atoms. The van der Waals surface area contributed by atoms with Crippen LogP contribution >= 0.6 is 7.82 Å². The van der Waals surface area contributed by atoms with E-state index in [4.69, 9.17) is 19.3 Å². The minimum absolute atomic E-state index is 0.00945. The summed E-state index contributed by atoms with van der Waals surface area (Å²) in [6, 6.07) is 5.40. The highest BCUT2D eigenvalue weighted by molar-refractivity contribution is 7.48. The second-order valence-corrected chi connectivity index (χ2v) is 7.53. The summed E-state index contributed by atoms with van der Waals surface area (Å²) in [4.78, 5) is 23.4. The van der Waals surface area contributed by atoms with E-state index >= 15 is 0 Å². The Morgan fingerprint density at radius 2 is 1.75 bits per heavy atom. The average molecular weight is 416 g/mol. The summed E-state index contributed by atoms with van der Waals surface area (Å²) < 4.78 is 27.8. The Labute approximate surface area is 165 Å². The van der Waals surface area contributed by atoms with Gasteiger partial charge in [-0.05, 0) is 57.4 Å². The Balaban J connectivity index is 2.64. The number of nitrogens with two attached hydrogens (primary N) is 1. The van der Waals surface area contributed by atoms with Crippen molar-refractivity contribution < 1.29 is 32.8 Å². The molecule has 0 radical (unpaired) electrons. The summed E-state index contributed by atoms with van der Waals surface area (Å²) >= 11 is 0. The first-order chi connectivity index (χ1) is 13.3. The van der Waals surface area contributed by atoms with Crippen molar-refractivity contribution in [1.29, 1.82) is 0 Å². The van der Waals surface area contributed by atoms with Gasteiger partial charge in [0, 0.05) is 0 Å². The molecule has 0 heterocycles. The first kappa shape index (κ1) is 24.1. The van der Waals surface area contributed by atoms with Crippen molar-refractivity contribution in [3.8, 4) is 5.75 Å². The number of unbranched alkanes of at least 4 members (excludes halogenated alkanes) is 1. The van der Waals surface area contributed by atoms with Gasteiger partial charge in [0.25, 0.3) is 0 Å². The molecular weight excluding hydrogens is 387 g/mol. The van der Waals surface area contributed by atoms with Gasteiger partial charge in [0.05, 0.1) is 19.6 Å². The van der Waals surface area contributed by atoms with Crippen molar-refractivity contribution in [2.24, 2.45) is 5.73 Å². The minimum Gasteiger partial charge on any atom is -0.480 e. The number of carbonyl (C=O) groups excluding carboxylic acids is 1. The third-order valence-corrected chi connectivity index (χ3v) is 5.24. The number of carboxylic acid groups (broad SMARTS) is 1. The highest BCUT2D eigenvalue weighted by atomic mass is 31.2. The molecule has 0 saturated carbocycles. The summed E-state index contributed by atoms with van der Waals surface area (Å²) in [6.07, 6.45) is 1.67. The number of aliphatic carboxylic acids is 1. The molecule has 10 heteroatoms. The molecule has 28 heavy (non-hydrogen) atoms. The number of hydrogen-bond donors (Lipinski definition) is 3. The number of amides is 1. The number of hydrogen-bond acceptors (Lipinski definition) is 7. The van der Waals surface area contributed by atoms with E-state index in [1.165, 1.54) is 0 Å². The van der Waals surface area contributed by atoms with Crippen molar-refractivity contribution in [1.82, 2.24) is 5.32 Å². The minimum atomic E-state index is -3.68. The highest BCUT2D eigenvalue weighted by Crippen LogP contribution is 2.49. The molecule has 1 aromatic carbocycles. The van der Waals surface area contributed by atoms with Gasteiger partial charge < -0.3 is 20.7 Å². The summed E-state index contributed by atoms with van der Waals surface area (Å²) in [7, 11) is -3.68. The predicted molar refractivity (Wildman–Crippen MR) is 104 cm³/mol. The maximum Gasteiger partial charge on any atom is 0.530 e. The van der Waals surface area contributed by atoms with E-state index in [-0.39, 0.29) is 25.4 Å². The molecule has 1 unspecified atom stereocenters. The van der Waals surface area contributed by atoms with Gasteiger partial charge in [0.1, 0.15) is 11.8 Å². The lowest BCUT2D eigenvalue weighted by molar-refractivity contribution is -0.142. The largest absolute Gasteiger partial charge is 0.530 e. The Hall–Kier alpha value is -1.93. The third kappa shape index (κ3) is 8.84. The molecule has 158 valence electrons. The fourth-order valence-electron chi connectivity index (χ4n) is 2.38. The number of carbonyl (C=O) groups is 2. The van der Waals surface area contributed by atoms with Gasteiger partial charge in [0.2, 0.25) is 5.91 Å². The normalized spacial score (nSPS) is 12.4. The zero-order chi connectivity index (χ0) is 21.0. The van der Waals surface area contributed by atoms with Crippen molar-refractivity contribution in [2.75, 3.05) is 19.8 Å². The number of phosphoric ester groups is 1. The topological polar surface area (TPSA) is 137 Å². The maximum atomic E-state index is 12.3. The van der Waals surface area contributed by atoms with Gasteiger partial charge in [-0.25, -0.2) is 9.36 Å². The van der Waals surface area contributed by atoms with E-state index in [0.29, 0.717) is 31.4 Å². The number of carboxylic acids is 1. The Morgan fingerprint density at radius 3 is 2.25 bits per heavy atom. The molecule has 0 saturated heterocycles. The Bertz CT molecular complexity index is 656. The van der Waals surface area contributed by atoms with Gasteiger partial charge >= 0.3 is 13.8 Å². The molecule has 1 amide bonds. The first-order valence-corrected chi connectivity index (χ1v) is 10.7. The molecule has 4 N–H and O–H groups in total. The van der Waals surface area contributed by atoms with Gasteiger partial charge in [-0.1, -0.05) is 12.1 Å². The zero-order valence-electron chi connectivity index (χ0n) is 16.3. The van der Waals surface area contributed by atoms with Crippen LogP contribution in [-0.4, -0.2) is 42.8 Å². The molecule has 1 atom stereocenters. The van der Waals surface area contributed by atoms with Crippen LogP contribution in [-0.2, 0) is 29.6 Å². The van der Waals surface area contributed by atoms with E-state index < -0.39 is 25.7 Å². The smallest absolute Gasteiger partial charge is 0.480 e. The molecular formula is C18H29N2O7P. The van der Waals surface area contributed by atoms with E-state index in [0.717, 1.165) is 0 Å². The van der Waals surface area contributed by atoms with Gasteiger partial charge in [-0.3, -0.25) is 13.8 Å². The molecule has 1 rings (SSSR count). The van der Waals surface area contributed by atoms with Crippen LogP contribution in [0.5, 0.6) is 5.75 Å². The number of rotatable bonds is 14. The summed E-state index contributed by atoms with van der Waals surface area (Å²) in [5.41, 5.74) is 6.05. The van der Waals surface area contributed by atoms with E-state index in [1.54, 1.807) is 38.1 Å². The molecule has 0 aliphatic heterocycles. The third-order valence-electron chi connectivity index (χ3n) is 3.66. The number of benzene rings is 1. The quantitative estimate of drug-likeness (QED) is 0.311. The van der Waals surface area contributed by atoms with Crippen molar-refractivity contribution in [2.45, 2.75) is 45.6 Å². The second kappa shape index (κ2) is 12.5. The molecule has 1 aromatic rings. The van der Waals surface area contributed by atoms with Crippen molar-refractivity contribution in [3.63, 3.8) is 0 Å². The van der Waals surface area contributed by atoms with E-state index in [9.17, 15) is 19.3 Å². The van der Waals surface area contributed by atoms with Crippen LogP contribution in [0.1, 0.15) is 38.7 Å². The number of phosphoric acid groups is 1. The van der Waals surface area contributed by atoms with Crippen molar-refractivity contribution >= 4 is 19.7 Å². The molecule has 0 aromatic heterocycles. The van der Waals surface area contributed by atoms with E-state index in [1.807, 2.05) is 0 Å². The van der Waals surface area contributed by atoms with Crippen LogP contribution in [0.25, 0.3) is 0 Å². The van der Waals surface area contributed by atoms with Gasteiger partial charge in [0.15, 0.2) is 0 Å². The van der Waals surface area contributed by atoms with E-state index in [2.05, 4.69) is 5.32 Å². The van der Waals surface area contributed by atoms with Crippen molar-refractivity contribution in [3.05, 3.63) is 29.8 Å². The standard InChI is InChI=1S/C18H29N2O7P/c1-3-25-28(24,26-4-2)27-15-10-8-14(9-11-15)13-17(21)20-16(18(22)23)7-5-6-12-19/h8-11,16H,3-7,12-13,19H2,1-2H3,(H,20,21)(H,22,23). The van der Waals surface area contributed by atoms with Crippen LogP contribution < -0.4 is 15.6 Å². The molecule has 0 aliphatic carbocycles. The summed E-state index contributed by atoms with van der Waals surface area (Å²) in [6.45, 7) is 4.18. The lowest BCUT2D eigenvalue weighted by atomic mass is 10.1. The van der Waals surface area contributed by atoms with Crippen LogP contribution in [0.2, 0.25) is 0 Å². The van der Waals surface area contributed by atoms with Crippen LogP contribution in [0, 0.1) is 0 Å². The SMILES string of the molecule is CCOP(=O)(OCC)Oc1ccc(CC(=O)NC(CCCCN)C(=O)O)cc1. The zero-order valence-corrected chi connectivity index (χ0v) is 17.2. The lowest BCUT2D eigenvalue weighted by Gasteiger charge is -2.17. The van der Waals surface area contributed by atoms with Gasteiger partial charge in [-0.2, -0.15) is 0 Å². The maximum absolute atomic E-state index is 12.3. The lowest BCUT2D eigenvalue weighted by Crippen LogP contribution is -2.41. The van der Waals surface area contributed by atoms with Crippen LogP contribution in [0.3, 0.4) is 0 Å². The van der Waals surface area contributed by atoms with Crippen LogP contribution in [0.4, 0.5) is 0 Å². The van der Waals surface area contributed by atoms with Crippen LogP contribution in [0.15, 0.2) is 24.3 Å². The Kier molecular flexibility index (Phi) is 10.8. The average Bonchev–Trinajstić information content (AvgIpc) is 2.63. The fourth-order valence-corrected chi connectivity index (χ4v) is 3.58. The fraction of sp³-hybridized carbons (Fsp3) is 0.556. The van der Waals surface area contributed by atoms with Gasteiger partial charge in [-0.15, -0.1) is 0 Å². The molecule has 0 bridgehead atoms. The molecule has 9 nitrogen and oxygen atoms in total. The Morgan fingerprint density at radius 1 is 1.14 bits per heavy atom. The first-order valence-electron chi connectivity index (χ1n) is 9.23. The number of nitrogens with one attached hydrogen (secondary N) is 1. The second-order valence-electron chi connectivity index (χ2n) is 5.94. The summed E-state index contributed by atoms with van der Waals surface area (Å²) in [5.74, 6) is -1.19. The molecule has 0 fully saturated rings. The molecule has 0 aliphatic rings.